The lowest BCUT2D eigenvalue weighted by molar-refractivity contribution is -0.142. The van der Waals surface area contributed by atoms with Gasteiger partial charge in [0.05, 0.1) is 23.7 Å². The molecule has 0 unspecified atom stereocenters. The number of hydrogen-bond donors (Lipinski definition) is 1. The summed E-state index contributed by atoms with van der Waals surface area (Å²) < 4.78 is 4.72. The lowest BCUT2D eigenvalue weighted by atomic mass is 10.1. The van der Waals surface area contributed by atoms with Crippen LogP contribution in [0.1, 0.15) is 12.0 Å². The minimum absolute atomic E-state index is 0.0507. The van der Waals surface area contributed by atoms with Crippen LogP contribution in [0.5, 0.6) is 0 Å². The molecule has 1 saturated heterocycles. The molecule has 30 heavy (non-hydrogen) atoms. The van der Waals surface area contributed by atoms with Gasteiger partial charge in [0.1, 0.15) is 0 Å². The van der Waals surface area contributed by atoms with E-state index in [0.29, 0.717) is 29.4 Å². The summed E-state index contributed by atoms with van der Waals surface area (Å²) in [5, 5.41) is 3.93. The van der Waals surface area contributed by atoms with Crippen LogP contribution < -0.4 is 10.2 Å². The van der Waals surface area contributed by atoms with Crippen molar-refractivity contribution in [2.75, 3.05) is 50.1 Å². The molecule has 8 heteroatoms. The van der Waals surface area contributed by atoms with Gasteiger partial charge in [-0.15, -0.1) is 0 Å². The summed E-state index contributed by atoms with van der Waals surface area (Å²) in [6.45, 7) is 3.63. The number of carbonyl (C=O) groups excluding carboxylic acids is 2. The smallest absolute Gasteiger partial charge is 0.319 e. The first-order valence-electron chi connectivity index (χ1n) is 9.82. The summed E-state index contributed by atoms with van der Waals surface area (Å²) >= 11 is 11.9. The first kappa shape index (κ1) is 22.4. The Morgan fingerprint density at radius 2 is 1.70 bits per heavy atom. The average Bonchev–Trinajstić information content (AvgIpc) is 2.75. The van der Waals surface area contributed by atoms with Crippen molar-refractivity contribution >= 4 is 46.5 Å². The summed E-state index contributed by atoms with van der Waals surface area (Å²) in [5.41, 5.74) is 2.84. The van der Waals surface area contributed by atoms with Crippen molar-refractivity contribution in [3.05, 3.63) is 58.1 Å². The number of anilines is 2. The van der Waals surface area contributed by atoms with E-state index in [0.717, 1.165) is 43.1 Å². The molecule has 0 aromatic heterocycles. The van der Waals surface area contributed by atoms with Gasteiger partial charge in [-0.3, -0.25) is 14.5 Å². The quantitative estimate of drug-likeness (QED) is 0.650. The second-order valence-corrected chi connectivity index (χ2v) is 8.00. The Balaban J connectivity index is 1.45. The van der Waals surface area contributed by atoms with E-state index in [-0.39, 0.29) is 11.9 Å². The molecule has 0 atom stereocenters. The number of aryl methyl sites for hydroxylation is 1. The minimum Gasteiger partial charge on any atom is -0.468 e. The molecule has 0 bridgehead atoms. The third-order valence-electron chi connectivity index (χ3n) is 5.09. The van der Waals surface area contributed by atoms with Crippen LogP contribution >= 0.6 is 23.2 Å². The van der Waals surface area contributed by atoms with Crippen molar-refractivity contribution in [3.8, 4) is 0 Å². The zero-order valence-corrected chi connectivity index (χ0v) is 18.4. The molecule has 1 amide bonds. The van der Waals surface area contributed by atoms with Crippen molar-refractivity contribution in [1.82, 2.24) is 4.90 Å². The van der Waals surface area contributed by atoms with Crippen LogP contribution in [-0.2, 0) is 20.7 Å². The Morgan fingerprint density at radius 3 is 2.33 bits per heavy atom. The van der Waals surface area contributed by atoms with Crippen molar-refractivity contribution in [2.45, 2.75) is 12.8 Å². The first-order chi connectivity index (χ1) is 14.4. The van der Waals surface area contributed by atoms with E-state index < -0.39 is 0 Å². The number of benzene rings is 2. The topological polar surface area (TPSA) is 61.9 Å². The Labute approximate surface area is 186 Å². The number of halogens is 2. The Kier molecular flexibility index (Phi) is 7.96. The van der Waals surface area contributed by atoms with Crippen LogP contribution in [0.3, 0.4) is 0 Å². The highest BCUT2D eigenvalue weighted by molar-refractivity contribution is 6.42. The number of ether oxygens (including phenoxy) is 1. The molecule has 0 aliphatic carbocycles. The standard InChI is InChI=1S/C22H25Cl2N3O3/c1-30-22(29)15-26-10-12-27(13-11-26)18-6-4-17(5-7-18)25-21(28)9-3-16-2-8-19(23)20(24)14-16/h2,4-8,14H,3,9-13,15H2,1H3,(H,25,28). The number of esters is 1. The van der Waals surface area contributed by atoms with Gasteiger partial charge in [0.2, 0.25) is 5.91 Å². The third kappa shape index (κ3) is 6.36. The van der Waals surface area contributed by atoms with E-state index >= 15 is 0 Å². The zero-order chi connectivity index (χ0) is 21.5. The first-order valence-corrected chi connectivity index (χ1v) is 10.6. The molecule has 1 fully saturated rings. The number of piperazine rings is 1. The fraction of sp³-hybridized carbons (Fsp3) is 0.364. The molecule has 1 N–H and O–H groups in total. The molecule has 160 valence electrons. The molecule has 0 radical (unpaired) electrons. The maximum atomic E-state index is 12.2. The van der Waals surface area contributed by atoms with E-state index in [4.69, 9.17) is 27.9 Å². The van der Waals surface area contributed by atoms with Crippen LogP contribution in [0, 0.1) is 0 Å². The molecule has 3 rings (SSSR count). The second kappa shape index (κ2) is 10.7. The lowest BCUT2D eigenvalue weighted by Gasteiger charge is -2.35. The van der Waals surface area contributed by atoms with Crippen LogP contribution in [0.2, 0.25) is 10.0 Å². The molecule has 1 aliphatic heterocycles. The summed E-state index contributed by atoms with van der Waals surface area (Å²) in [6.07, 6.45) is 0.957. The molecule has 1 aliphatic rings. The lowest BCUT2D eigenvalue weighted by Crippen LogP contribution is -2.48. The number of nitrogens with one attached hydrogen (secondary N) is 1. The summed E-state index contributed by atoms with van der Waals surface area (Å²) in [7, 11) is 1.41. The molecule has 2 aromatic carbocycles. The van der Waals surface area contributed by atoms with Gasteiger partial charge in [-0.2, -0.15) is 0 Å². The highest BCUT2D eigenvalue weighted by Gasteiger charge is 2.19. The summed E-state index contributed by atoms with van der Waals surface area (Å²) in [4.78, 5) is 28.0. The predicted octanol–water partition coefficient (Wildman–Crippen LogP) is 3.86. The van der Waals surface area contributed by atoms with Gasteiger partial charge in [0.25, 0.3) is 0 Å². The highest BCUT2D eigenvalue weighted by atomic mass is 35.5. The third-order valence-corrected chi connectivity index (χ3v) is 5.83. The van der Waals surface area contributed by atoms with Crippen LogP contribution in [-0.4, -0.2) is 56.6 Å². The van der Waals surface area contributed by atoms with Crippen molar-refractivity contribution in [1.29, 1.82) is 0 Å². The number of hydrogen-bond acceptors (Lipinski definition) is 5. The Morgan fingerprint density at radius 1 is 1.00 bits per heavy atom. The maximum Gasteiger partial charge on any atom is 0.319 e. The number of carbonyl (C=O) groups is 2. The highest BCUT2D eigenvalue weighted by Crippen LogP contribution is 2.23. The van der Waals surface area contributed by atoms with E-state index in [1.165, 1.54) is 7.11 Å². The van der Waals surface area contributed by atoms with Crippen LogP contribution in [0.15, 0.2) is 42.5 Å². The molecule has 0 saturated carbocycles. The fourth-order valence-corrected chi connectivity index (χ4v) is 3.66. The van der Waals surface area contributed by atoms with Gasteiger partial charge in [0, 0.05) is 44.0 Å². The van der Waals surface area contributed by atoms with Gasteiger partial charge >= 0.3 is 5.97 Å². The fourth-order valence-electron chi connectivity index (χ4n) is 3.34. The number of nitrogens with zero attached hydrogens (tertiary/aromatic N) is 2. The van der Waals surface area contributed by atoms with Crippen molar-refractivity contribution in [2.24, 2.45) is 0 Å². The number of amides is 1. The monoisotopic (exact) mass is 449 g/mol. The van der Waals surface area contributed by atoms with Gasteiger partial charge in [0.15, 0.2) is 0 Å². The Bertz CT molecular complexity index is 882. The van der Waals surface area contributed by atoms with E-state index in [1.807, 2.05) is 30.3 Å². The zero-order valence-electron chi connectivity index (χ0n) is 16.9. The molecule has 2 aromatic rings. The summed E-state index contributed by atoms with van der Waals surface area (Å²) in [6, 6.07) is 13.2. The average molecular weight is 450 g/mol. The predicted molar refractivity (Wildman–Crippen MR) is 121 cm³/mol. The SMILES string of the molecule is COC(=O)CN1CCN(c2ccc(NC(=O)CCc3ccc(Cl)c(Cl)c3)cc2)CC1. The van der Waals surface area contributed by atoms with Crippen LogP contribution in [0.25, 0.3) is 0 Å². The van der Waals surface area contributed by atoms with Crippen molar-refractivity contribution < 1.29 is 14.3 Å². The maximum absolute atomic E-state index is 12.2. The number of rotatable bonds is 7. The normalized spacial score (nSPS) is 14.4. The largest absolute Gasteiger partial charge is 0.468 e. The van der Waals surface area contributed by atoms with Crippen LogP contribution in [0.4, 0.5) is 11.4 Å². The summed E-state index contributed by atoms with van der Waals surface area (Å²) in [5.74, 6) is -0.257. The molecule has 0 spiro atoms. The minimum atomic E-state index is -0.206. The van der Waals surface area contributed by atoms with E-state index in [2.05, 4.69) is 15.1 Å². The molecule has 1 heterocycles. The van der Waals surface area contributed by atoms with Gasteiger partial charge in [-0.1, -0.05) is 29.3 Å². The molecule has 6 nitrogen and oxygen atoms in total. The molecular weight excluding hydrogens is 425 g/mol. The number of methoxy groups -OCH3 is 1. The van der Waals surface area contributed by atoms with Crippen molar-refractivity contribution in [3.63, 3.8) is 0 Å². The Hall–Kier alpha value is -2.28. The van der Waals surface area contributed by atoms with Gasteiger partial charge in [-0.25, -0.2) is 0 Å². The molecular formula is C22H25Cl2N3O3. The second-order valence-electron chi connectivity index (χ2n) is 7.18. The van der Waals surface area contributed by atoms with E-state index in [9.17, 15) is 9.59 Å². The van der Waals surface area contributed by atoms with E-state index in [1.54, 1.807) is 12.1 Å². The van der Waals surface area contributed by atoms with Gasteiger partial charge < -0.3 is 15.0 Å². The van der Waals surface area contributed by atoms with Gasteiger partial charge in [-0.05, 0) is 48.4 Å².